The summed E-state index contributed by atoms with van der Waals surface area (Å²) in [7, 11) is 0. The van der Waals surface area contributed by atoms with E-state index < -0.39 is 24.8 Å². The standard InChI is InChI=1S/C9H16O5/c1-3-5-14-9(12)8(13-4-2)7(11)6-10/h3,7-8,10-11H,1,4-6H2,2H3/t7?,8-/m0/s1. The Kier molecular flexibility index (Phi) is 7.00. The molecule has 2 N–H and O–H groups in total. The minimum atomic E-state index is -1.26. The van der Waals surface area contributed by atoms with Gasteiger partial charge < -0.3 is 19.7 Å². The van der Waals surface area contributed by atoms with Gasteiger partial charge in [-0.1, -0.05) is 12.7 Å². The maximum atomic E-state index is 11.2. The van der Waals surface area contributed by atoms with Gasteiger partial charge in [-0.05, 0) is 6.92 Å². The summed E-state index contributed by atoms with van der Waals surface area (Å²) in [5.74, 6) is -0.701. The first kappa shape index (κ1) is 13.1. The summed E-state index contributed by atoms with van der Waals surface area (Å²) in [6, 6.07) is 0. The van der Waals surface area contributed by atoms with Gasteiger partial charge >= 0.3 is 5.97 Å². The van der Waals surface area contributed by atoms with E-state index in [4.69, 9.17) is 9.84 Å². The Bertz CT molecular complexity index is 180. The molecule has 1 unspecified atom stereocenters. The molecule has 0 aromatic rings. The maximum Gasteiger partial charge on any atom is 0.338 e. The van der Waals surface area contributed by atoms with E-state index in [0.29, 0.717) is 0 Å². The van der Waals surface area contributed by atoms with Crippen LogP contribution >= 0.6 is 0 Å². The average molecular weight is 204 g/mol. The Morgan fingerprint density at radius 1 is 1.64 bits per heavy atom. The van der Waals surface area contributed by atoms with Crippen LogP contribution in [-0.4, -0.2) is 48.2 Å². The van der Waals surface area contributed by atoms with Crippen LogP contribution < -0.4 is 0 Å². The summed E-state index contributed by atoms with van der Waals surface area (Å²) in [6.07, 6.45) is -0.983. The second-order valence-electron chi connectivity index (χ2n) is 2.54. The lowest BCUT2D eigenvalue weighted by molar-refractivity contribution is -0.165. The lowest BCUT2D eigenvalue weighted by Crippen LogP contribution is -2.40. The van der Waals surface area contributed by atoms with Gasteiger partial charge in [-0.15, -0.1) is 0 Å². The molecule has 0 aromatic carbocycles. The van der Waals surface area contributed by atoms with Crippen molar-refractivity contribution in [1.82, 2.24) is 0 Å². The molecule has 0 aliphatic carbocycles. The molecule has 0 aliphatic heterocycles. The van der Waals surface area contributed by atoms with Crippen molar-refractivity contribution in [2.24, 2.45) is 0 Å². The molecule has 5 heteroatoms. The van der Waals surface area contributed by atoms with Gasteiger partial charge in [0.2, 0.25) is 0 Å². The monoisotopic (exact) mass is 204 g/mol. The molecule has 0 rings (SSSR count). The van der Waals surface area contributed by atoms with E-state index >= 15 is 0 Å². The van der Waals surface area contributed by atoms with Crippen molar-refractivity contribution in [3.63, 3.8) is 0 Å². The summed E-state index contributed by atoms with van der Waals surface area (Å²) < 4.78 is 9.61. The van der Waals surface area contributed by atoms with Crippen molar-refractivity contribution in [3.8, 4) is 0 Å². The van der Waals surface area contributed by atoms with Gasteiger partial charge in [0.15, 0.2) is 6.10 Å². The van der Waals surface area contributed by atoms with Crippen molar-refractivity contribution in [2.45, 2.75) is 19.1 Å². The first-order valence-corrected chi connectivity index (χ1v) is 4.35. The van der Waals surface area contributed by atoms with Crippen molar-refractivity contribution >= 4 is 5.97 Å². The number of carbonyl (C=O) groups excluding carboxylic acids is 1. The van der Waals surface area contributed by atoms with Crippen LogP contribution in [-0.2, 0) is 14.3 Å². The summed E-state index contributed by atoms with van der Waals surface area (Å²) in [5.41, 5.74) is 0. The summed E-state index contributed by atoms with van der Waals surface area (Å²) in [5, 5.41) is 17.9. The van der Waals surface area contributed by atoms with E-state index in [9.17, 15) is 9.90 Å². The van der Waals surface area contributed by atoms with Gasteiger partial charge in [-0.25, -0.2) is 4.79 Å². The molecular weight excluding hydrogens is 188 g/mol. The number of esters is 1. The molecule has 14 heavy (non-hydrogen) atoms. The zero-order chi connectivity index (χ0) is 11.0. The van der Waals surface area contributed by atoms with Gasteiger partial charge in [0.1, 0.15) is 12.7 Å². The molecule has 0 saturated carbocycles. The smallest absolute Gasteiger partial charge is 0.338 e. The molecular formula is C9H16O5. The van der Waals surface area contributed by atoms with Gasteiger partial charge in [-0.3, -0.25) is 0 Å². The maximum absolute atomic E-state index is 11.2. The largest absolute Gasteiger partial charge is 0.459 e. The van der Waals surface area contributed by atoms with Crippen LogP contribution in [0.4, 0.5) is 0 Å². The van der Waals surface area contributed by atoms with Crippen molar-refractivity contribution in [3.05, 3.63) is 12.7 Å². The second-order valence-corrected chi connectivity index (χ2v) is 2.54. The highest BCUT2D eigenvalue weighted by Gasteiger charge is 2.27. The number of hydrogen-bond acceptors (Lipinski definition) is 5. The molecule has 0 spiro atoms. The molecule has 0 bridgehead atoms. The Balaban J connectivity index is 4.16. The Labute approximate surface area is 82.9 Å². The van der Waals surface area contributed by atoms with Gasteiger partial charge in [0.25, 0.3) is 0 Å². The SMILES string of the molecule is C=CCOC(=O)[C@@H](OCC)C(O)CO. The Hall–Kier alpha value is -0.910. The number of aliphatic hydroxyl groups is 2. The van der Waals surface area contributed by atoms with Crippen LogP contribution in [0.2, 0.25) is 0 Å². The third-order valence-electron chi connectivity index (χ3n) is 1.46. The van der Waals surface area contributed by atoms with Crippen molar-refractivity contribution in [2.75, 3.05) is 19.8 Å². The van der Waals surface area contributed by atoms with Gasteiger partial charge in [-0.2, -0.15) is 0 Å². The molecule has 0 heterocycles. The van der Waals surface area contributed by atoms with Crippen LogP contribution in [0.1, 0.15) is 6.92 Å². The second kappa shape index (κ2) is 7.49. The number of aliphatic hydroxyl groups excluding tert-OH is 2. The topological polar surface area (TPSA) is 76.0 Å². The third-order valence-corrected chi connectivity index (χ3v) is 1.46. The van der Waals surface area contributed by atoms with Crippen molar-refractivity contribution < 1.29 is 24.5 Å². The van der Waals surface area contributed by atoms with Crippen LogP contribution in [0.25, 0.3) is 0 Å². The molecule has 0 amide bonds. The van der Waals surface area contributed by atoms with Crippen LogP contribution in [0.3, 0.4) is 0 Å². The molecule has 0 aliphatic rings. The highest BCUT2D eigenvalue weighted by Crippen LogP contribution is 2.02. The fourth-order valence-electron chi connectivity index (χ4n) is 0.835. The quantitative estimate of drug-likeness (QED) is 0.431. The highest BCUT2D eigenvalue weighted by molar-refractivity contribution is 5.75. The Morgan fingerprint density at radius 3 is 2.71 bits per heavy atom. The predicted octanol–water partition coefficient (Wildman–Crippen LogP) is -0.526. The third kappa shape index (κ3) is 4.36. The molecule has 5 nitrogen and oxygen atoms in total. The normalized spacial score (nSPS) is 14.5. The zero-order valence-electron chi connectivity index (χ0n) is 8.18. The summed E-state index contributed by atoms with van der Waals surface area (Å²) in [6.45, 7) is 4.81. The van der Waals surface area contributed by atoms with E-state index in [2.05, 4.69) is 11.3 Å². The highest BCUT2D eigenvalue weighted by atomic mass is 16.6. The zero-order valence-corrected chi connectivity index (χ0v) is 8.18. The number of carbonyl (C=O) groups is 1. The first-order valence-electron chi connectivity index (χ1n) is 4.35. The number of rotatable bonds is 7. The van der Waals surface area contributed by atoms with E-state index in [1.807, 2.05) is 0 Å². The molecule has 2 atom stereocenters. The van der Waals surface area contributed by atoms with Crippen LogP contribution in [0, 0.1) is 0 Å². The minimum absolute atomic E-state index is 0.0561. The molecule has 0 radical (unpaired) electrons. The van der Waals surface area contributed by atoms with Crippen LogP contribution in [0.15, 0.2) is 12.7 Å². The Morgan fingerprint density at radius 2 is 2.29 bits per heavy atom. The summed E-state index contributed by atoms with van der Waals surface area (Å²) in [4.78, 5) is 11.2. The predicted molar refractivity (Wildman–Crippen MR) is 49.7 cm³/mol. The first-order chi connectivity index (χ1) is 6.67. The van der Waals surface area contributed by atoms with E-state index in [0.717, 1.165) is 0 Å². The average Bonchev–Trinajstić information content (AvgIpc) is 2.21. The molecule has 82 valence electrons. The lowest BCUT2D eigenvalue weighted by atomic mass is 10.2. The van der Waals surface area contributed by atoms with Gasteiger partial charge in [0, 0.05) is 6.61 Å². The molecule has 0 aromatic heterocycles. The number of ether oxygens (including phenoxy) is 2. The van der Waals surface area contributed by atoms with Crippen molar-refractivity contribution in [1.29, 1.82) is 0 Å². The van der Waals surface area contributed by atoms with Gasteiger partial charge in [0.05, 0.1) is 6.61 Å². The van der Waals surface area contributed by atoms with Crippen LogP contribution in [0.5, 0.6) is 0 Å². The fraction of sp³-hybridized carbons (Fsp3) is 0.667. The molecule has 0 saturated heterocycles. The van der Waals surface area contributed by atoms with E-state index in [1.165, 1.54) is 6.08 Å². The van der Waals surface area contributed by atoms with E-state index in [-0.39, 0.29) is 13.2 Å². The lowest BCUT2D eigenvalue weighted by Gasteiger charge is -2.19. The molecule has 0 fully saturated rings. The minimum Gasteiger partial charge on any atom is -0.459 e. The summed E-state index contributed by atoms with van der Waals surface area (Å²) >= 11 is 0. The fourth-order valence-corrected chi connectivity index (χ4v) is 0.835. The van der Waals surface area contributed by atoms with E-state index in [1.54, 1.807) is 6.92 Å². The number of hydrogen-bond donors (Lipinski definition) is 2.